The number of rotatable bonds is 7. The fourth-order valence-electron chi connectivity index (χ4n) is 3.07. The van der Waals surface area contributed by atoms with E-state index in [1.807, 2.05) is 31.2 Å². The molecule has 0 aliphatic heterocycles. The van der Waals surface area contributed by atoms with Gasteiger partial charge < -0.3 is 21.8 Å². The predicted octanol–water partition coefficient (Wildman–Crippen LogP) is 3.16. The molecule has 27 heavy (non-hydrogen) atoms. The molecule has 0 saturated carbocycles. The molecule has 0 bridgehead atoms. The minimum Gasteiger partial charge on any atom is -0.351 e. The Hall–Kier alpha value is -2.70. The third-order valence-corrected chi connectivity index (χ3v) is 4.79. The second kappa shape index (κ2) is 8.33. The predicted molar refractivity (Wildman–Crippen MR) is 107 cm³/mol. The Morgan fingerprint density at radius 2 is 1.85 bits per heavy atom. The van der Waals surface area contributed by atoms with Crippen LogP contribution in [0, 0.1) is 5.82 Å². The second-order valence-corrected chi connectivity index (χ2v) is 6.85. The van der Waals surface area contributed by atoms with Crippen LogP contribution in [0.5, 0.6) is 0 Å². The second-order valence-electron chi connectivity index (χ2n) is 6.85. The van der Waals surface area contributed by atoms with Crippen molar-refractivity contribution in [3.8, 4) is 11.1 Å². The Labute approximate surface area is 157 Å². The third kappa shape index (κ3) is 4.53. The molecule has 1 heterocycles. The van der Waals surface area contributed by atoms with E-state index in [2.05, 4.69) is 10.3 Å². The molecule has 142 valence electrons. The number of amides is 1. The van der Waals surface area contributed by atoms with E-state index in [-0.39, 0.29) is 23.8 Å². The van der Waals surface area contributed by atoms with Gasteiger partial charge in [-0.3, -0.25) is 4.79 Å². The summed E-state index contributed by atoms with van der Waals surface area (Å²) in [7, 11) is 0. The minimum absolute atomic E-state index is 0.132. The molecule has 0 spiro atoms. The summed E-state index contributed by atoms with van der Waals surface area (Å²) >= 11 is 0. The average molecular weight is 368 g/mol. The molecule has 2 atom stereocenters. The summed E-state index contributed by atoms with van der Waals surface area (Å²) in [5, 5.41) is 3.88. The first-order chi connectivity index (χ1) is 13.0. The van der Waals surface area contributed by atoms with Crippen molar-refractivity contribution in [2.45, 2.75) is 31.8 Å². The van der Waals surface area contributed by atoms with E-state index in [1.54, 1.807) is 12.1 Å². The van der Waals surface area contributed by atoms with Gasteiger partial charge in [0.1, 0.15) is 11.5 Å². The molecule has 0 radical (unpaired) electrons. The van der Waals surface area contributed by atoms with Crippen molar-refractivity contribution < 1.29 is 9.18 Å². The van der Waals surface area contributed by atoms with Crippen molar-refractivity contribution in [3.05, 3.63) is 60.0 Å². The zero-order valence-corrected chi connectivity index (χ0v) is 15.3. The van der Waals surface area contributed by atoms with Crippen LogP contribution in [0.25, 0.3) is 22.0 Å². The number of fused-ring (bicyclic) bond motifs is 1. The highest BCUT2D eigenvalue weighted by Gasteiger charge is 2.17. The van der Waals surface area contributed by atoms with E-state index in [0.717, 1.165) is 34.9 Å². The Kier molecular flexibility index (Phi) is 5.88. The molecule has 0 saturated heterocycles. The maximum Gasteiger partial charge on any atom is 0.267 e. The van der Waals surface area contributed by atoms with Gasteiger partial charge in [-0.1, -0.05) is 24.3 Å². The zero-order chi connectivity index (χ0) is 19.4. The molecule has 3 rings (SSSR count). The highest BCUT2D eigenvalue weighted by atomic mass is 19.1. The minimum atomic E-state index is -0.266. The molecule has 6 heteroatoms. The number of carbonyl (C=O) groups excluding carboxylic acids is 1. The highest BCUT2D eigenvalue weighted by Crippen LogP contribution is 2.25. The lowest BCUT2D eigenvalue weighted by Gasteiger charge is -2.20. The number of aromatic nitrogens is 1. The van der Waals surface area contributed by atoms with Gasteiger partial charge in [-0.15, -0.1) is 0 Å². The first kappa shape index (κ1) is 19.1. The average Bonchev–Trinajstić information content (AvgIpc) is 3.10. The number of nitrogens with two attached hydrogens (primary N) is 2. The summed E-state index contributed by atoms with van der Waals surface area (Å²) in [4.78, 5) is 15.7. The van der Waals surface area contributed by atoms with E-state index < -0.39 is 0 Å². The number of H-pyrrole nitrogens is 1. The van der Waals surface area contributed by atoms with Gasteiger partial charge in [0.15, 0.2) is 0 Å². The molecule has 3 aromatic rings. The molecule has 0 fully saturated rings. The largest absolute Gasteiger partial charge is 0.351 e. The van der Waals surface area contributed by atoms with E-state index in [0.29, 0.717) is 12.2 Å². The lowest BCUT2D eigenvalue weighted by Crippen LogP contribution is -2.45. The Morgan fingerprint density at radius 3 is 2.56 bits per heavy atom. The van der Waals surface area contributed by atoms with Crippen molar-refractivity contribution in [2.75, 3.05) is 6.54 Å². The van der Waals surface area contributed by atoms with Crippen molar-refractivity contribution in [1.29, 1.82) is 0 Å². The standard InChI is InChI=1S/C21H25FN4O/c1-13(18(24)3-2-10-23)25-21(27)20-12-16-5-4-15(11-19(16)26-20)14-6-8-17(22)9-7-14/h4-9,11-13,18,26H,2-3,10,23-24H2,1H3,(H,25,27). The molecular formula is C21H25FN4O. The van der Waals surface area contributed by atoms with Crippen molar-refractivity contribution in [3.63, 3.8) is 0 Å². The fourth-order valence-corrected chi connectivity index (χ4v) is 3.07. The van der Waals surface area contributed by atoms with Crippen LogP contribution in [0.2, 0.25) is 0 Å². The third-order valence-electron chi connectivity index (χ3n) is 4.79. The van der Waals surface area contributed by atoms with Crippen LogP contribution >= 0.6 is 0 Å². The zero-order valence-electron chi connectivity index (χ0n) is 15.3. The molecule has 6 N–H and O–H groups in total. The smallest absolute Gasteiger partial charge is 0.267 e. The molecule has 2 aromatic carbocycles. The van der Waals surface area contributed by atoms with Gasteiger partial charge in [0.2, 0.25) is 0 Å². The summed E-state index contributed by atoms with van der Waals surface area (Å²) in [5.74, 6) is -0.456. The van der Waals surface area contributed by atoms with Crippen LogP contribution in [0.15, 0.2) is 48.5 Å². The van der Waals surface area contributed by atoms with Gasteiger partial charge >= 0.3 is 0 Å². The van der Waals surface area contributed by atoms with E-state index in [4.69, 9.17) is 11.5 Å². The maximum atomic E-state index is 13.1. The van der Waals surface area contributed by atoms with Gasteiger partial charge in [0, 0.05) is 23.0 Å². The monoisotopic (exact) mass is 368 g/mol. The van der Waals surface area contributed by atoms with Gasteiger partial charge in [-0.2, -0.15) is 0 Å². The molecule has 1 aromatic heterocycles. The van der Waals surface area contributed by atoms with Crippen LogP contribution in [-0.2, 0) is 0 Å². The van der Waals surface area contributed by atoms with Gasteiger partial charge in [-0.25, -0.2) is 4.39 Å². The summed E-state index contributed by atoms with van der Waals surface area (Å²) < 4.78 is 13.1. The number of carbonyl (C=O) groups is 1. The van der Waals surface area contributed by atoms with Crippen LogP contribution in [0.1, 0.15) is 30.3 Å². The molecule has 0 aliphatic carbocycles. The number of aromatic amines is 1. The van der Waals surface area contributed by atoms with Gasteiger partial charge in [0.25, 0.3) is 5.91 Å². The maximum absolute atomic E-state index is 13.1. The molecule has 1 amide bonds. The van der Waals surface area contributed by atoms with E-state index in [1.165, 1.54) is 12.1 Å². The van der Waals surface area contributed by atoms with E-state index >= 15 is 0 Å². The molecular weight excluding hydrogens is 343 g/mol. The van der Waals surface area contributed by atoms with Crippen LogP contribution < -0.4 is 16.8 Å². The number of benzene rings is 2. The van der Waals surface area contributed by atoms with Crippen LogP contribution in [0.3, 0.4) is 0 Å². The highest BCUT2D eigenvalue weighted by molar-refractivity contribution is 5.99. The molecule has 0 aliphatic rings. The summed E-state index contributed by atoms with van der Waals surface area (Å²) in [5.41, 5.74) is 14.8. The molecule has 2 unspecified atom stereocenters. The van der Waals surface area contributed by atoms with Crippen LogP contribution in [0.4, 0.5) is 4.39 Å². The summed E-state index contributed by atoms with van der Waals surface area (Å²) in [6.45, 7) is 2.49. The first-order valence-corrected chi connectivity index (χ1v) is 9.13. The Bertz CT molecular complexity index is 920. The first-order valence-electron chi connectivity index (χ1n) is 9.13. The topological polar surface area (TPSA) is 96.9 Å². The quantitative estimate of drug-likeness (QED) is 0.516. The lowest BCUT2D eigenvalue weighted by atomic mass is 10.0. The van der Waals surface area contributed by atoms with Crippen molar-refractivity contribution >= 4 is 16.8 Å². The number of hydrogen-bond acceptors (Lipinski definition) is 3. The normalized spacial score (nSPS) is 13.5. The lowest BCUT2D eigenvalue weighted by molar-refractivity contribution is 0.0929. The van der Waals surface area contributed by atoms with Gasteiger partial charge in [-0.05, 0) is 61.7 Å². The number of hydrogen-bond donors (Lipinski definition) is 4. The number of halogens is 1. The number of nitrogens with one attached hydrogen (secondary N) is 2. The van der Waals surface area contributed by atoms with Gasteiger partial charge in [0.05, 0.1) is 0 Å². The SMILES string of the molecule is CC(NC(=O)c1cc2ccc(-c3ccc(F)cc3)cc2[nH]1)C(N)CCCN. The summed E-state index contributed by atoms with van der Waals surface area (Å²) in [6.07, 6.45) is 1.60. The van der Waals surface area contributed by atoms with Crippen LogP contribution in [-0.4, -0.2) is 29.5 Å². The van der Waals surface area contributed by atoms with Crippen molar-refractivity contribution in [2.24, 2.45) is 11.5 Å². The Morgan fingerprint density at radius 1 is 1.15 bits per heavy atom. The fraction of sp³-hybridized carbons (Fsp3) is 0.286. The Balaban J connectivity index is 1.76. The summed E-state index contributed by atoms with van der Waals surface area (Å²) in [6, 6.07) is 13.7. The van der Waals surface area contributed by atoms with Crippen molar-refractivity contribution in [1.82, 2.24) is 10.3 Å². The van der Waals surface area contributed by atoms with E-state index in [9.17, 15) is 9.18 Å². The molecule has 5 nitrogen and oxygen atoms in total.